The molecule has 1 aromatic heterocycles. The molecular formula is C16H20ClN3S. The van der Waals surface area contributed by atoms with Crippen molar-refractivity contribution in [3.05, 3.63) is 57.2 Å². The van der Waals surface area contributed by atoms with E-state index >= 15 is 0 Å². The van der Waals surface area contributed by atoms with Gasteiger partial charge < -0.3 is 11.1 Å². The van der Waals surface area contributed by atoms with E-state index in [2.05, 4.69) is 40.0 Å². The van der Waals surface area contributed by atoms with Gasteiger partial charge >= 0.3 is 0 Å². The van der Waals surface area contributed by atoms with Crippen molar-refractivity contribution in [1.29, 1.82) is 0 Å². The summed E-state index contributed by atoms with van der Waals surface area (Å²) < 4.78 is 0. The molecule has 0 saturated heterocycles. The van der Waals surface area contributed by atoms with Gasteiger partial charge in [-0.25, -0.2) is 0 Å². The summed E-state index contributed by atoms with van der Waals surface area (Å²) in [5, 5.41) is 6.00. The largest absolute Gasteiger partial charge is 0.370 e. The van der Waals surface area contributed by atoms with E-state index in [0.717, 1.165) is 37.4 Å². The number of rotatable bonds is 7. The lowest BCUT2D eigenvalue weighted by Crippen LogP contribution is -2.33. The van der Waals surface area contributed by atoms with Gasteiger partial charge in [-0.3, -0.25) is 4.99 Å². The molecule has 1 aromatic carbocycles. The van der Waals surface area contributed by atoms with Crippen molar-refractivity contribution >= 4 is 28.9 Å². The summed E-state index contributed by atoms with van der Waals surface area (Å²) in [6, 6.07) is 12.1. The van der Waals surface area contributed by atoms with Crippen molar-refractivity contribution in [1.82, 2.24) is 5.32 Å². The molecule has 3 nitrogen and oxygen atoms in total. The van der Waals surface area contributed by atoms with Crippen molar-refractivity contribution in [2.75, 3.05) is 13.1 Å². The number of guanidine groups is 1. The van der Waals surface area contributed by atoms with Gasteiger partial charge in [-0.2, -0.15) is 0 Å². The van der Waals surface area contributed by atoms with Crippen LogP contribution in [0.3, 0.4) is 0 Å². The zero-order valence-corrected chi connectivity index (χ0v) is 13.5. The van der Waals surface area contributed by atoms with Gasteiger partial charge in [0.2, 0.25) is 0 Å². The van der Waals surface area contributed by atoms with Crippen LogP contribution in [-0.2, 0) is 12.8 Å². The lowest BCUT2D eigenvalue weighted by Gasteiger charge is -2.05. The molecule has 0 saturated carbocycles. The number of aliphatic imine (C=N–C) groups is 1. The third kappa shape index (κ3) is 6.19. The van der Waals surface area contributed by atoms with Gasteiger partial charge in [-0.1, -0.05) is 29.8 Å². The van der Waals surface area contributed by atoms with Crippen molar-refractivity contribution in [2.45, 2.75) is 19.3 Å². The highest BCUT2D eigenvalue weighted by molar-refractivity contribution is 7.09. The first-order chi connectivity index (χ1) is 10.2. The number of nitrogens with two attached hydrogens (primary N) is 1. The number of benzene rings is 1. The smallest absolute Gasteiger partial charge is 0.188 e. The molecule has 0 aliphatic heterocycles. The van der Waals surface area contributed by atoms with Gasteiger partial charge in [0.15, 0.2) is 5.96 Å². The summed E-state index contributed by atoms with van der Waals surface area (Å²) in [5.41, 5.74) is 7.11. The molecule has 2 aromatic rings. The first kappa shape index (κ1) is 15.9. The normalized spacial score (nSPS) is 11.6. The monoisotopic (exact) mass is 321 g/mol. The maximum atomic E-state index is 5.85. The molecule has 0 bridgehead atoms. The molecule has 112 valence electrons. The molecule has 0 radical (unpaired) electrons. The highest BCUT2D eigenvalue weighted by atomic mass is 35.5. The Bertz CT molecular complexity index is 549. The fourth-order valence-electron chi connectivity index (χ4n) is 1.96. The molecule has 2 rings (SSSR count). The third-order valence-electron chi connectivity index (χ3n) is 3.08. The molecule has 0 unspecified atom stereocenters. The van der Waals surface area contributed by atoms with Gasteiger partial charge in [-0.15, -0.1) is 11.3 Å². The quantitative estimate of drug-likeness (QED) is 0.466. The average Bonchev–Trinajstić information content (AvgIpc) is 2.99. The summed E-state index contributed by atoms with van der Waals surface area (Å²) in [7, 11) is 0. The molecule has 0 atom stereocenters. The Morgan fingerprint density at radius 2 is 2.00 bits per heavy atom. The summed E-state index contributed by atoms with van der Waals surface area (Å²) >= 11 is 7.62. The minimum absolute atomic E-state index is 0.530. The summed E-state index contributed by atoms with van der Waals surface area (Å²) in [6.45, 7) is 1.56. The minimum Gasteiger partial charge on any atom is -0.370 e. The van der Waals surface area contributed by atoms with Crippen molar-refractivity contribution < 1.29 is 0 Å². The van der Waals surface area contributed by atoms with E-state index in [-0.39, 0.29) is 0 Å². The second-order valence-electron chi connectivity index (χ2n) is 4.75. The molecule has 21 heavy (non-hydrogen) atoms. The highest BCUT2D eigenvalue weighted by Gasteiger charge is 1.96. The van der Waals surface area contributed by atoms with Gasteiger partial charge in [0, 0.05) is 23.0 Å². The van der Waals surface area contributed by atoms with Crippen LogP contribution in [0.25, 0.3) is 0 Å². The van der Waals surface area contributed by atoms with E-state index in [1.807, 2.05) is 12.1 Å². The Morgan fingerprint density at radius 1 is 1.19 bits per heavy atom. The van der Waals surface area contributed by atoms with Crippen LogP contribution in [-0.4, -0.2) is 19.0 Å². The van der Waals surface area contributed by atoms with E-state index < -0.39 is 0 Å². The predicted octanol–water partition coefficient (Wildman–Crippen LogP) is 3.48. The Morgan fingerprint density at radius 3 is 2.71 bits per heavy atom. The van der Waals surface area contributed by atoms with Crippen LogP contribution in [0.15, 0.2) is 46.8 Å². The maximum Gasteiger partial charge on any atom is 0.188 e. The lowest BCUT2D eigenvalue weighted by molar-refractivity contribution is 0.810. The fraction of sp³-hybridized carbons (Fsp3) is 0.312. The zero-order valence-electron chi connectivity index (χ0n) is 11.9. The number of nitrogens with zero attached hydrogens (tertiary/aromatic N) is 1. The van der Waals surface area contributed by atoms with E-state index in [4.69, 9.17) is 17.3 Å². The molecule has 0 aliphatic carbocycles. The van der Waals surface area contributed by atoms with Crippen LogP contribution in [0, 0.1) is 0 Å². The maximum absolute atomic E-state index is 5.85. The number of hydrogen-bond donors (Lipinski definition) is 2. The number of halogens is 1. The minimum atomic E-state index is 0.530. The topological polar surface area (TPSA) is 50.4 Å². The molecule has 5 heteroatoms. The number of hydrogen-bond acceptors (Lipinski definition) is 2. The summed E-state index contributed by atoms with van der Waals surface area (Å²) in [6.07, 6.45) is 2.96. The van der Waals surface area contributed by atoms with Crippen LogP contribution in [0.5, 0.6) is 0 Å². The van der Waals surface area contributed by atoms with Gasteiger partial charge in [0.25, 0.3) is 0 Å². The summed E-state index contributed by atoms with van der Waals surface area (Å²) in [5.74, 6) is 0.530. The summed E-state index contributed by atoms with van der Waals surface area (Å²) in [4.78, 5) is 5.70. The van der Waals surface area contributed by atoms with Crippen LogP contribution in [0.4, 0.5) is 0 Å². The lowest BCUT2D eigenvalue weighted by atomic mass is 10.1. The first-order valence-corrected chi connectivity index (χ1v) is 8.30. The Hall–Kier alpha value is -1.52. The number of nitrogens with one attached hydrogen (secondary N) is 1. The molecule has 0 amide bonds. The van der Waals surface area contributed by atoms with Gasteiger partial charge in [0.05, 0.1) is 0 Å². The standard InChI is InChI=1S/C16H20ClN3S/c17-14-7-5-13(6-8-14)3-1-10-19-16(18)20-11-9-15-4-2-12-21-15/h2,4-8,12H,1,3,9-11H2,(H3,18,19,20). The van der Waals surface area contributed by atoms with Crippen LogP contribution in [0.2, 0.25) is 5.02 Å². The third-order valence-corrected chi connectivity index (χ3v) is 4.26. The second-order valence-corrected chi connectivity index (χ2v) is 6.22. The fourth-order valence-corrected chi connectivity index (χ4v) is 2.79. The van der Waals surface area contributed by atoms with Gasteiger partial charge in [-0.05, 0) is 48.4 Å². The van der Waals surface area contributed by atoms with E-state index in [1.165, 1.54) is 10.4 Å². The number of thiophene rings is 1. The van der Waals surface area contributed by atoms with Crippen LogP contribution < -0.4 is 11.1 Å². The molecule has 1 heterocycles. The van der Waals surface area contributed by atoms with Crippen LogP contribution >= 0.6 is 22.9 Å². The SMILES string of the molecule is NC(=NCCCc1ccc(Cl)cc1)NCCc1cccs1. The molecule has 0 spiro atoms. The van der Waals surface area contributed by atoms with Crippen LogP contribution in [0.1, 0.15) is 16.9 Å². The Kier molecular flexibility index (Phi) is 6.57. The first-order valence-electron chi connectivity index (χ1n) is 7.04. The highest BCUT2D eigenvalue weighted by Crippen LogP contribution is 2.11. The van der Waals surface area contributed by atoms with E-state index in [0.29, 0.717) is 5.96 Å². The Balaban J connectivity index is 1.60. The molecular weight excluding hydrogens is 302 g/mol. The van der Waals surface area contributed by atoms with Gasteiger partial charge in [0.1, 0.15) is 0 Å². The van der Waals surface area contributed by atoms with Crippen molar-refractivity contribution in [2.24, 2.45) is 10.7 Å². The second kappa shape index (κ2) is 8.70. The molecule has 3 N–H and O–H groups in total. The van der Waals surface area contributed by atoms with Crippen molar-refractivity contribution in [3.8, 4) is 0 Å². The predicted molar refractivity (Wildman–Crippen MR) is 92.3 cm³/mol. The number of aryl methyl sites for hydroxylation is 1. The Labute approximate surface area is 134 Å². The molecule has 0 aliphatic rings. The van der Waals surface area contributed by atoms with Crippen molar-refractivity contribution in [3.63, 3.8) is 0 Å². The molecule has 0 fully saturated rings. The zero-order chi connectivity index (χ0) is 14.9. The van der Waals surface area contributed by atoms with E-state index in [9.17, 15) is 0 Å². The average molecular weight is 322 g/mol. The van der Waals surface area contributed by atoms with E-state index in [1.54, 1.807) is 11.3 Å².